The molecule has 172 valence electrons. The van der Waals surface area contributed by atoms with Gasteiger partial charge in [0.25, 0.3) is 0 Å². The molecule has 31 heavy (non-hydrogen) atoms. The van der Waals surface area contributed by atoms with Gasteiger partial charge in [-0.3, -0.25) is 0 Å². The molecule has 0 bridgehead atoms. The molecule has 1 aromatic carbocycles. The van der Waals surface area contributed by atoms with Crippen LogP contribution in [0.1, 0.15) is 19.4 Å². The summed E-state index contributed by atoms with van der Waals surface area (Å²) >= 11 is 0. The van der Waals surface area contributed by atoms with Gasteiger partial charge in [-0.1, -0.05) is 19.2 Å². The highest BCUT2D eigenvalue weighted by Gasteiger charge is 2.13. The van der Waals surface area contributed by atoms with E-state index in [2.05, 4.69) is 13.2 Å². The number of aliphatic hydroxyl groups is 2. The number of ether oxygens (including phenoxy) is 5. The van der Waals surface area contributed by atoms with Crippen molar-refractivity contribution in [3.8, 4) is 11.5 Å². The number of hydrogen-bond donors (Lipinski definition) is 2. The number of rotatable bonds is 14. The van der Waals surface area contributed by atoms with Crippen molar-refractivity contribution in [2.75, 3.05) is 33.5 Å². The average Bonchev–Trinajstić information content (AvgIpc) is 2.74. The molecule has 0 aliphatic carbocycles. The Morgan fingerprint density at radius 2 is 1.45 bits per heavy atom. The average molecular weight is 438 g/mol. The zero-order chi connectivity index (χ0) is 23.4. The number of methoxy groups -OCH3 is 1. The molecule has 0 saturated heterocycles. The maximum absolute atomic E-state index is 11.3. The second-order valence-corrected chi connectivity index (χ2v) is 6.88. The molecule has 0 aliphatic heterocycles. The lowest BCUT2D eigenvalue weighted by atomic mass is 10.2. The second-order valence-electron chi connectivity index (χ2n) is 6.88. The SMILES string of the molecule is C=C(C)C(=O)OCC(O)COCc1ccc(OCC(O)COC(=O)C(=C)C)c(OC)c1. The van der Waals surface area contributed by atoms with Crippen molar-refractivity contribution in [2.24, 2.45) is 0 Å². The Morgan fingerprint density at radius 3 is 1.97 bits per heavy atom. The van der Waals surface area contributed by atoms with Gasteiger partial charge in [0, 0.05) is 11.1 Å². The molecule has 9 nitrogen and oxygen atoms in total. The number of hydrogen-bond acceptors (Lipinski definition) is 9. The minimum absolute atomic E-state index is 0.0286. The van der Waals surface area contributed by atoms with Gasteiger partial charge >= 0.3 is 11.9 Å². The fourth-order valence-electron chi connectivity index (χ4n) is 2.11. The first-order valence-electron chi connectivity index (χ1n) is 9.52. The van der Waals surface area contributed by atoms with Crippen molar-refractivity contribution >= 4 is 11.9 Å². The van der Waals surface area contributed by atoms with Gasteiger partial charge in [0.2, 0.25) is 0 Å². The molecular formula is C22H30O9. The normalized spacial score (nSPS) is 12.4. The first kappa shape index (κ1) is 26.2. The number of carbonyl (C=O) groups excluding carboxylic acids is 2. The highest BCUT2D eigenvalue weighted by atomic mass is 16.6. The summed E-state index contributed by atoms with van der Waals surface area (Å²) in [6.45, 7) is 9.59. The van der Waals surface area contributed by atoms with Crippen molar-refractivity contribution in [3.63, 3.8) is 0 Å². The molecule has 0 radical (unpaired) electrons. The summed E-state index contributed by atoms with van der Waals surface area (Å²) in [7, 11) is 1.47. The van der Waals surface area contributed by atoms with Crippen molar-refractivity contribution in [1.29, 1.82) is 0 Å². The molecule has 0 amide bonds. The monoisotopic (exact) mass is 438 g/mol. The molecule has 9 heteroatoms. The lowest BCUT2D eigenvalue weighted by Crippen LogP contribution is -2.25. The summed E-state index contributed by atoms with van der Waals surface area (Å²) in [6, 6.07) is 5.07. The molecule has 0 heterocycles. The number of benzene rings is 1. The third kappa shape index (κ3) is 10.1. The van der Waals surface area contributed by atoms with E-state index < -0.39 is 24.1 Å². The van der Waals surface area contributed by atoms with E-state index in [0.29, 0.717) is 11.5 Å². The molecule has 2 atom stereocenters. The van der Waals surface area contributed by atoms with Gasteiger partial charge in [-0.15, -0.1) is 0 Å². The van der Waals surface area contributed by atoms with Crippen LogP contribution >= 0.6 is 0 Å². The highest BCUT2D eigenvalue weighted by molar-refractivity contribution is 5.87. The van der Waals surface area contributed by atoms with Crippen LogP contribution < -0.4 is 9.47 Å². The van der Waals surface area contributed by atoms with Gasteiger partial charge in [-0.25, -0.2) is 9.59 Å². The zero-order valence-corrected chi connectivity index (χ0v) is 18.1. The minimum Gasteiger partial charge on any atom is -0.493 e. The van der Waals surface area contributed by atoms with Crippen LogP contribution in [0.3, 0.4) is 0 Å². The zero-order valence-electron chi connectivity index (χ0n) is 18.1. The van der Waals surface area contributed by atoms with Crippen LogP contribution in [0.15, 0.2) is 42.5 Å². The minimum atomic E-state index is -1.02. The second kappa shape index (κ2) is 13.4. The van der Waals surface area contributed by atoms with E-state index in [-0.39, 0.29) is 44.2 Å². The van der Waals surface area contributed by atoms with E-state index >= 15 is 0 Å². The first-order valence-corrected chi connectivity index (χ1v) is 9.52. The van der Waals surface area contributed by atoms with Crippen molar-refractivity contribution in [2.45, 2.75) is 32.7 Å². The van der Waals surface area contributed by atoms with E-state index in [1.165, 1.54) is 21.0 Å². The van der Waals surface area contributed by atoms with Crippen LogP contribution in [-0.4, -0.2) is 67.9 Å². The third-order valence-electron chi connectivity index (χ3n) is 3.75. The van der Waals surface area contributed by atoms with Crippen molar-refractivity contribution < 1.29 is 43.5 Å². The summed E-state index contributed by atoms with van der Waals surface area (Å²) in [5.74, 6) is -0.343. The Balaban J connectivity index is 2.46. The van der Waals surface area contributed by atoms with Crippen LogP contribution in [-0.2, 0) is 30.4 Å². The summed E-state index contributed by atoms with van der Waals surface area (Å²) in [4.78, 5) is 22.6. The number of esters is 2. The lowest BCUT2D eigenvalue weighted by Gasteiger charge is -2.16. The number of carbonyl (C=O) groups is 2. The Hall–Kier alpha value is -2.88. The molecule has 0 saturated carbocycles. The maximum atomic E-state index is 11.3. The van der Waals surface area contributed by atoms with Gasteiger partial charge in [0.1, 0.15) is 32.0 Å². The van der Waals surface area contributed by atoms with Gasteiger partial charge in [-0.05, 0) is 31.5 Å². The highest BCUT2D eigenvalue weighted by Crippen LogP contribution is 2.28. The first-order chi connectivity index (χ1) is 14.6. The standard InChI is InChI=1S/C22H30O9/c1-14(2)21(25)30-12-17(23)10-28-9-16-6-7-19(20(8-16)27-5)29-11-18(24)13-31-22(26)15(3)4/h6-8,17-18,23-24H,1,3,9-13H2,2,4-5H3. The van der Waals surface area contributed by atoms with Crippen LogP contribution in [0.25, 0.3) is 0 Å². The summed E-state index contributed by atoms with van der Waals surface area (Å²) in [5.41, 5.74) is 1.25. The molecular weight excluding hydrogens is 408 g/mol. The summed E-state index contributed by atoms with van der Waals surface area (Å²) in [5, 5.41) is 19.7. The van der Waals surface area contributed by atoms with Crippen LogP contribution in [0.2, 0.25) is 0 Å². The quantitative estimate of drug-likeness (QED) is 0.329. The molecule has 0 fully saturated rings. The molecule has 1 rings (SSSR count). The Morgan fingerprint density at radius 1 is 0.903 bits per heavy atom. The Kier molecular flexibility index (Phi) is 11.3. The van der Waals surface area contributed by atoms with E-state index in [9.17, 15) is 19.8 Å². The molecule has 0 aromatic heterocycles. The van der Waals surface area contributed by atoms with Crippen molar-refractivity contribution in [3.05, 3.63) is 48.1 Å². The summed E-state index contributed by atoms with van der Waals surface area (Å²) in [6.07, 6.45) is -1.98. The van der Waals surface area contributed by atoms with Gasteiger partial charge in [-0.2, -0.15) is 0 Å². The van der Waals surface area contributed by atoms with E-state index in [4.69, 9.17) is 23.7 Å². The molecule has 2 unspecified atom stereocenters. The molecule has 0 spiro atoms. The number of aliphatic hydroxyl groups excluding tert-OH is 2. The van der Waals surface area contributed by atoms with Crippen LogP contribution in [0.5, 0.6) is 11.5 Å². The fourth-order valence-corrected chi connectivity index (χ4v) is 2.11. The Bertz CT molecular complexity index is 772. The van der Waals surface area contributed by atoms with Crippen LogP contribution in [0.4, 0.5) is 0 Å². The molecule has 1 aromatic rings. The molecule has 0 aliphatic rings. The van der Waals surface area contributed by atoms with Crippen LogP contribution in [0, 0.1) is 0 Å². The van der Waals surface area contributed by atoms with E-state index in [0.717, 1.165) is 5.56 Å². The third-order valence-corrected chi connectivity index (χ3v) is 3.75. The fraction of sp³-hybridized carbons (Fsp3) is 0.455. The van der Waals surface area contributed by atoms with E-state index in [1.54, 1.807) is 18.2 Å². The maximum Gasteiger partial charge on any atom is 0.333 e. The van der Waals surface area contributed by atoms with Gasteiger partial charge in [0.15, 0.2) is 11.5 Å². The van der Waals surface area contributed by atoms with E-state index in [1.807, 2.05) is 0 Å². The predicted octanol–water partition coefficient (Wildman–Crippen LogP) is 1.55. The topological polar surface area (TPSA) is 121 Å². The van der Waals surface area contributed by atoms with Crippen molar-refractivity contribution in [1.82, 2.24) is 0 Å². The largest absolute Gasteiger partial charge is 0.493 e. The lowest BCUT2D eigenvalue weighted by molar-refractivity contribution is -0.143. The van der Waals surface area contributed by atoms with Gasteiger partial charge in [0.05, 0.1) is 20.3 Å². The molecule has 2 N–H and O–H groups in total. The summed E-state index contributed by atoms with van der Waals surface area (Å²) < 4.78 is 26.0. The predicted molar refractivity (Wildman–Crippen MR) is 112 cm³/mol. The van der Waals surface area contributed by atoms with Gasteiger partial charge < -0.3 is 33.9 Å². The Labute approximate surface area is 181 Å². The smallest absolute Gasteiger partial charge is 0.333 e.